The van der Waals surface area contributed by atoms with Gasteiger partial charge in [0.05, 0.1) is 24.9 Å². The number of ether oxygens (including phenoxy) is 1. The van der Waals surface area contributed by atoms with E-state index >= 15 is 0 Å². The molecule has 1 aromatic carbocycles. The Bertz CT molecular complexity index is 1060. The van der Waals surface area contributed by atoms with Gasteiger partial charge in [0.25, 0.3) is 10.0 Å². The molecule has 1 N–H and O–H groups in total. The highest BCUT2D eigenvalue weighted by molar-refractivity contribution is 7.94. The molecule has 2 aromatic rings. The first-order valence-corrected chi connectivity index (χ1v) is 11.6. The molecule has 0 fully saturated rings. The predicted octanol–water partition coefficient (Wildman–Crippen LogP) is 3.18. The lowest BCUT2D eigenvalue weighted by Gasteiger charge is -2.28. The topological polar surface area (TPSA) is 92.8 Å². The normalized spacial score (nSPS) is 13.9. The van der Waals surface area contributed by atoms with E-state index in [9.17, 15) is 18.0 Å². The van der Waals surface area contributed by atoms with Crippen LogP contribution in [0.3, 0.4) is 0 Å². The average Bonchev–Trinajstić information content (AvgIpc) is 3.08. The maximum atomic E-state index is 13.1. The number of methoxy groups -OCH3 is 1. The van der Waals surface area contributed by atoms with Gasteiger partial charge in [0.2, 0.25) is 5.91 Å². The molecule has 29 heavy (non-hydrogen) atoms. The van der Waals surface area contributed by atoms with Gasteiger partial charge in [-0.2, -0.15) is 0 Å². The third-order valence-electron chi connectivity index (χ3n) is 4.85. The number of fused-ring (bicyclic) bond motifs is 1. The fraction of sp³-hybridized carbons (Fsp3) is 0.400. The summed E-state index contributed by atoms with van der Waals surface area (Å²) in [6.45, 7) is 6.19. The number of carbonyl (C=O) groups excluding carboxylic acids is 2. The average molecular weight is 437 g/mol. The summed E-state index contributed by atoms with van der Waals surface area (Å²) >= 11 is 1.03. The standard InChI is InChI=1S/C20H24N2O5S2/c1-12(2)18(23)22-10-9-14-16(11-22)28-20(17(14)19(24)27-4)29(25,26)21-15-8-6-5-7-13(15)3/h5-8,12,21H,9-11H2,1-4H3. The van der Waals surface area contributed by atoms with Crippen molar-refractivity contribution in [1.82, 2.24) is 4.90 Å². The van der Waals surface area contributed by atoms with Crippen LogP contribution in [0.25, 0.3) is 0 Å². The van der Waals surface area contributed by atoms with Gasteiger partial charge in [-0.3, -0.25) is 9.52 Å². The monoisotopic (exact) mass is 436 g/mol. The summed E-state index contributed by atoms with van der Waals surface area (Å²) < 4.78 is 33.7. The molecule has 1 aromatic heterocycles. The Balaban J connectivity index is 2.04. The van der Waals surface area contributed by atoms with Crippen molar-refractivity contribution in [3.05, 3.63) is 45.8 Å². The van der Waals surface area contributed by atoms with Crippen LogP contribution >= 0.6 is 11.3 Å². The van der Waals surface area contributed by atoms with Crippen LogP contribution in [0.5, 0.6) is 0 Å². The number of hydrogen-bond acceptors (Lipinski definition) is 6. The van der Waals surface area contributed by atoms with Crippen molar-refractivity contribution in [2.75, 3.05) is 18.4 Å². The lowest BCUT2D eigenvalue weighted by atomic mass is 10.0. The van der Waals surface area contributed by atoms with E-state index < -0.39 is 16.0 Å². The fourth-order valence-corrected chi connectivity index (χ4v) is 6.34. The number of thiophene rings is 1. The Labute approximate surface area is 174 Å². The summed E-state index contributed by atoms with van der Waals surface area (Å²) in [6.07, 6.45) is 0.411. The SMILES string of the molecule is COC(=O)c1c(S(=O)(=O)Nc2ccccc2C)sc2c1CCN(C(=O)C(C)C)C2. The minimum Gasteiger partial charge on any atom is -0.465 e. The number of aryl methyl sites for hydroxylation is 1. The molecule has 1 aliphatic heterocycles. The summed E-state index contributed by atoms with van der Waals surface area (Å²) in [6, 6.07) is 7.02. The molecule has 0 radical (unpaired) electrons. The maximum Gasteiger partial charge on any atom is 0.340 e. The zero-order valence-electron chi connectivity index (χ0n) is 16.8. The van der Waals surface area contributed by atoms with E-state index in [1.54, 1.807) is 30.0 Å². The first-order valence-electron chi connectivity index (χ1n) is 9.25. The first kappa shape index (κ1) is 21.3. The summed E-state index contributed by atoms with van der Waals surface area (Å²) in [5, 5.41) is 0. The van der Waals surface area contributed by atoms with Gasteiger partial charge in [-0.25, -0.2) is 13.2 Å². The van der Waals surface area contributed by atoms with E-state index in [0.717, 1.165) is 16.9 Å². The fourth-order valence-electron chi connectivity index (χ4n) is 3.31. The van der Waals surface area contributed by atoms with Gasteiger partial charge < -0.3 is 9.64 Å². The lowest BCUT2D eigenvalue weighted by Crippen LogP contribution is -2.38. The van der Waals surface area contributed by atoms with Crippen LogP contribution in [0, 0.1) is 12.8 Å². The quantitative estimate of drug-likeness (QED) is 0.727. The zero-order chi connectivity index (χ0) is 21.3. The Hall–Kier alpha value is -2.39. The summed E-state index contributed by atoms with van der Waals surface area (Å²) in [5.41, 5.74) is 1.95. The van der Waals surface area contributed by atoms with Crippen LogP contribution < -0.4 is 4.72 Å². The molecular weight excluding hydrogens is 412 g/mol. The molecule has 0 saturated heterocycles. The molecule has 0 aliphatic carbocycles. The van der Waals surface area contributed by atoms with E-state index in [1.165, 1.54) is 7.11 Å². The van der Waals surface area contributed by atoms with Gasteiger partial charge in [0.1, 0.15) is 0 Å². The van der Waals surface area contributed by atoms with Gasteiger partial charge in [-0.05, 0) is 30.5 Å². The number of nitrogens with one attached hydrogen (secondary N) is 1. The summed E-state index contributed by atoms with van der Waals surface area (Å²) in [5.74, 6) is -0.829. The maximum absolute atomic E-state index is 13.1. The van der Waals surface area contributed by atoms with E-state index in [1.807, 2.05) is 19.9 Å². The number of hydrogen-bond donors (Lipinski definition) is 1. The molecule has 0 bridgehead atoms. The Morgan fingerprint density at radius 1 is 1.24 bits per heavy atom. The van der Waals surface area contributed by atoms with Crippen LogP contribution in [0.4, 0.5) is 5.69 Å². The van der Waals surface area contributed by atoms with Crippen molar-refractivity contribution in [1.29, 1.82) is 0 Å². The van der Waals surface area contributed by atoms with Gasteiger partial charge >= 0.3 is 5.97 Å². The van der Waals surface area contributed by atoms with E-state index in [2.05, 4.69) is 4.72 Å². The van der Waals surface area contributed by atoms with Crippen molar-refractivity contribution >= 4 is 38.9 Å². The van der Waals surface area contributed by atoms with Gasteiger partial charge in [-0.15, -0.1) is 11.3 Å². The summed E-state index contributed by atoms with van der Waals surface area (Å²) in [4.78, 5) is 27.3. The number of esters is 1. The number of anilines is 1. The third-order valence-corrected chi connectivity index (χ3v) is 7.95. The van der Waals surface area contributed by atoms with Crippen LogP contribution in [-0.4, -0.2) is 38.8 Å². The smallest absolute Gasteiger partial charge is 0.340 e. The number of nitrogens with zero attached hydrogens (tertiary/aromatic N) is 1. The second kappa shape index (κ2) is 8.16. The molecule has 0 saturated carbocycles. The van der Waals surface area contributed by atoms with Crippen molar-refractivity contribution in [2.24, 2.45) is 5.92 Å². The Morgan fingerprint density at radius 2 is 1.93 bits per heavy atom. The minimum absolute atomic E-state index is 0.00566. The highest BCUT2D eigenvalue weighted by atomic mass is 32.2. The molecule has 0 unspecified atom stereocenters. The number of para-hydroxylation sites is 1. The molecular formula is C20H24N2O5S2. The number of benzene rings is 1. The molecule has 1 aliphatic rings. The van der Waals surface area contributed by atoms with Crippen molar-refractivity contribution in [3.63, 3.8) is 0 Å². The molecule has 2 heterocycles. The van der Waals surface area contributed by atoms with Crippen LogP contribution in [0.1, 0.15) is 40.2 Å². The number of amides is 1. The largest absolute Gasteiger partial charge is 0.465 e. The van der Waals surface area contributed by atoms with E-state index in [-0.39, 0.29) is 21.6 Å². The van der Waals surface area contributed by atoms with Crippen LogP contribution in [-0.2, 0) is 32.5 Å². The number of carbonyl (C=O) groups is 2. The van der Waals surface area contributed by atoms with Crippen molar-refractivity contribution < 1.29 is 22.7 Å². The highest BCUT2D eigenvalue weighted by Crippen LogP contribution is 2.38. The molecule has 3 rings (SSSR count). The number of rotatable bonds is 5. The van der Waals surface area contributed by atoms with Crippen molar-refractivity contribution in [3.8, 4) is 0 Å². The van der Waals surface area contributed by atoms with Crippen molar-refractivity contribution in [2.45, 2.75) is 37.9 Å². The van der Waals surface area contributed by atoms with Gasteiger partial charge in [0, 0.05) is 17.3 Å². The predicted molar refractivity (Wildman–Crippen MR) is 112 cm³/mol. The van der Waals surface area contributed by atoms with E-state index in [4.69, 9.17) is 4.74 Å². The van der Waals surface area contributed by atoms with Crippen LogP contribution in [0.15, 0.2) is 28.5 Å². The summed E-state index contributed by atoms with van der Waals surface area (Å²) in [7, 11) is -2.77. The van der Waals surface area contributed by atoms with Gasteiger partial charge in [0.15, 0.2) is 4.21 Å². The Kier molecular flexibility index (Phi) is 6.00. The third kappa shape index (κ3) is 4.16. The molecule has 156 valence electrons. The van der Waals surface area contributed by atoms with E-state index in [0.29, 0.717) is 35.6 Å². The number of sulfonamides is 1. The molecule has 9 heteroatoms. The molecule has 0 atom stereocenters. The minimum atomic E-state index is -4.01. The van der Waals surface area contributed by atoms with Crippen LogP contribution in [0.2, 0.25) is 0 Å². The first-order chi connectivity index (χ1) is 13.7. The van der Waals surface area contributed by atoms with Gasteiger partial charge in [-0.1, -0.05) is 32.0 Å². The second-order valence-corrected chi connectivity index (χ2v) is 10.2. The zero-order valence-corrected chi connectivity index (χ0v) is 18.4. The molecule has 1 amide bonds. The second-order valence-electron chi connectivity index (χ2n) is 7.24. The molecule has 0 spiro atoms. The lowest BCUT2D eigenvalue weighted by molar-refractivity contribution is -0.135. The highest BCUT2D eigenvalue weighted by Gasteiger charge is 2.35. The Morgan fingerprint density at radius 3 is 2.55 bits per heavy atom. The molecule has 7 nitrogen and oxygen atoms in total.